The number of hydrogen-bond donors (Lipinski definition) is 1. The Labute approximate surface area is 94.8 Å². The third-order valence-corrected chi connectivity index (χ3v) is 2.56. The summed E-state index contributed by atoms with van der Waals surface area (Å²) in [4.78, 5) is 11.1. The van der Waals surface area contributed by atoms with Crippen molar-refractivity contribution in [2.24, 2.45) is 5.92 Å². The first-order valence-corrected chi connectivity index (χ1v) is 6.43. The quantitative estimate of drug-likeness (QED) is 0.583. The highest BCUT2D eigenvalue weighted by atomic mass is 16.1. The summed E-state index contributed by atoms with van der Waals surface area (Å²) in [6, 6.07) is 0. The van der Waals surface area contributed by atoms with Crippen LogP contribution in [-0.4, -0.2) is 12.5 Å². The standard InChI is InChI=1S/C13H27NO/c1-4-14-13(15)11-9-7-5-6-8-10-12(2)3/h12H,4-11H2,1-3H3,(H,14,15). The molecule has 0 saturated carbocycles. The molecule has 0 aromatic rings. The summed E-state index contributed by atoms with van der Waals surface area (Å²) in [6.45, 7) is 7.27. The largest absolute Gasteiger partial charge is 0.356 e. The van der Waals surface area contributed by atoms with Gasteiger partial charge in [-0.25, -0.2) is 0 Å². The van der Waals surface area contributed by atoms with E-state index in [9.17, 15) is 4.79 Å². The molecule has 2 nitrogen and oxygen atoms in total. The summed E-state index contributed by atoms with van der Waals surface area (Å²) in [5.74, 6) is 1.04. The molecule has 0 aliphatic heterocycles. The predicted molar refractivity (Wildman–Crippen MR) is 65.8 cm³/mol. The van der Waals surface area contributed by atoms with Crippen molar-refractivity contribution in [2.45, 2.75) is 65.7 Å². The van der Waals surface area contributed by atoms with Gasteiger partial charge in [0.2, 0.25) is 5.91 Å². The number of carbonyl (C=O) groups excluding carboxylic acids is 1. The number of hydrogen-bond acceptors (Lipinski definition) is 1. The van der Waals surface area contributed by atoms with Crippen molar-refractivity contribution in [3.63, 3.8) is 0 Å². The van der Waals surface area contributed by atoms with Crippen LogP contribution in [0.2, 0.25) is 0 Å². The molecule has 0 atom stereocenters. The Morgan fingerprint density at radius 2 is 1.67 bits per heavy atom. The van der Waals surface area contributed by atoms with Crippen molar-refractivity contribution in [3.8, 4) is 0 Å². The molecule has 0 aromatic carbocycles. The van der Waals surface area contributed by atoms with Crippen molar-refractivity contribution in [1.82, 2.24) is 5.32 Å². The molecule has 0 spiro atoms. The second kappa shape index (κ2) is 10.0. The van der Waals surface area contributed by atoms with Crippen LogP contribution < -0.4 is 5.32 Å². The van der Waals surface area contributed by atoms with Crippen molar-refractivity contribution >= 4 is 5.91 Å². The van der Waals surface area contributed by atoms with Crippen LogP contribution in [0.4, 0.5) is 0 Å². The van der Waals surface area contributed by atoms with Gasteiger partial charge >= 0.3 is 0 Å². The van der Waals surface area contributed by atoms with Gasteiger partial charge in [0.25, 0.3) is 0 Å². The van der Waals surface area contributed by atoms with Gasteiger partial charge in [-0.3, -0.25) is 4.79 Å². The summed E-state index contributed by atoms with van der Waals surface area (Å²) < 4.78 is 0. The molecule has 1 amide bonds. The zero-order chi connectivity index (χ0) is 11.5. The molecule has 0 fully saturated rings. The molecule has 1 N–H and O–H groups in total. The fraction of sp³-hybridized carbons (Fsp3) is 0.923. The molecule has 0 rings (SSSR count). The zero-order valence-electron chi connectivity index (χ0n) is 10.6. The van der Waals surface area contributed by atoms with E-state index in [1.165, 1.54) is 32.1 Å². The Hall–Kier alpha value is -0.530. The Kier molecular flexibility index (Phi) is 9.65. The van der Waals surface area contributed by atoms with Crippen LogP contribution in [0.3, 0.4) is 0 Å². The second-order valence-electron chi connectivity index (χ2n) is 4.65. The van der Waals surface area contributed by atoms with Crippen LogP contribution >= 0.6 is 0 Å². The molecule has 0 aliphatic carbocycles. The lowest BCUT2D eigenvalue weighted by Crippen LogP contribution is -2.21. The van der Waals surface area contributed by atoms with Crippen LogP contribution in [0, 0.1) is 5.92 Å². The van der Waals surface area contributed by atoms with E-state index in [0.717, 1.165) is 18.9 Å². The van der Waals surface area contributed by atoms with E-state index in [-0.39, 0.29) is 5.91 Å². The lowest BCUT2D eigenvalue weighted by molar-refractivity contribution is -0.121. The molecule has 90 valence electrons. The molecule has 0 aliphatic rings. The van der Waals surface area contributed by atoms with Crippen molar-refractivity contribution in [1.29, 1.82) is 0 Å². The SMILES string of the molecule is CCNC(=O)CCCCCCCC(C)C. The minimum absolute atomic E-state index is 0.208. The average Bonchev–Trinajstić information content (AvgIpc) is 2.16. The minimum Gasteiger partial charge on any atom is -0.356 e. The van der Waals surface area contributed by atoms with Gasteiger partial charge < -0.3 is 5.32 Å². The smallest absolute Gasteiger partial charge is 0.219 e. The van der Waals surface area contributed by atoms with Gasteiger partial charge in [0.15, 0.2) is 0 Å². The van der Waals surface area contributed by atoms with E-state index in [2.05, 4.69) is 19.2 Å². The Bertz CT molecular complexity index is 155. The first kappa shape index (κ1) is 14.5. The molecule has 0 saturated heterocycles. The molecule has 0 aromatic heterocycles. The van der Waals surface area contributed by atoms with E-state index in [0.29, 0.717) is 6.42 Å². The third-order valence-electron chi connectivity index (χ3n) is 2.56. The van der Waals surface area contributed by atoms with E-state index >= 15 is 0 Å². The Balaban J connectivity index is 3.08. The molecule has 15 heavy (non-hydrogen) atoms. The molecule has 0 unspecified atom stereocenters. The lowest BCUT2D eigenvalue weighted by atomic mass is 10.0. The maximum atomic E-state index is 11.1. The summed E-state index contributed by atoms with van der Waals surface area (Å²) in [7, 11) is 0. The normalized spacial score (nSPS) is 10.7. The maximum absolute atomic E-state index is 11.1. The summed E-state index contributed by atoms with van der Waals surface area (Å²) >= 11 is 0. The van der Waals surface area contributed by atoms with Crippen LogP contribution in [0.25, 0.3) is 0 Å². The number of amides is 1. The van der Waals surface area contributed by atoms with Gasteiger partial charge in [0.1, 0.15) is 0 Å². The molecule has 0 bridgehead atoms. The fourth-order valence-corrected chi connectivity index (χ4v) is 1.65. The number of unbranched alkanes of at least 4 members (excludes halogenated alkanes) is 4. The molecular weight excluding hydrogens is 186 g/mol. The predicted octanol–water partition coefficient (Wildman–Crippen LogP) is 3.51. The topological polar surface area (TPSA) is 29.1 Å². The van der Waals surface area contributed by atoms with Gasteiger partial charge in [0.05, 0.1) is 0 Å². The number of rotatable bonds is 9. The second-order valence-corrected chi connectivity index (χ2v) is 4.65. The van der Waals surface area contributed by atoms with Crippen LogP contribution in [0.5, 0.6) is 0 Å². The highest BCUT2D eigenvalue weighted by molar-refractivity contribution is 5.75. The number of carbonyl (C=O) groups is 1. The van der Waals surface area contributed by atoms with E-state index in [1.54, 1.807) is 0 Å². The summed E-state index contributed by atoms with van der Waals surface area (Å²) in [5, 5.41) is 2.82. The van der Waals surface area contributed by atoms with Crippen molar-refractivity contribution in [3.05, 3.63) is 0 Å². The molecule has 0 heterocycles. The zero-order valence-corrected chi connectivity index (χ0v) is 10.6. The third kappa shape index (κ3) is 11.4. The van der Waals surface area contributed by atoms with Gasteiger partial charge in [0, 0.05) is 13.0 Å². The monoisotopic (exact) mass is 213 g/mol. The van der Waals surface area contributed by atoms with Crippen LogP contribution in [0.15, 0.2) is 0 Å². The lowest BCUT2D eigenvalue weighted by Gasteiger charge is -2.04. The Morgan fingerprint density at radius 1 is 1.07 bits per heavy atom. The van der Waals surface area contributed by atoms with Gasteiger partial charge in [-0.15, -0.1) is 0 Å². The van der Waals surface area contributed by atoms with Gasteiger partial charge in [-0.2, -0.15) is 0 Å². The van der Waals surface area contributed by atoms with Gasteiger partial charge in [-0.1, -0.05) is 46.0 Å². The first-order valence-electron chi connectivity index (χ1n) is 6.43. The molecule has 0 radical (unpaired) electrons. The number of nitrogens with one attached hydrogen (secondary N) is 1. The van der Waals surface area contributed by atoms with Gasteiger partial charge in [-0.05, 0) is 19.3 Å². The highest BCUT2D eigenvalue weighted by Gasteiger charge is 1.99. The Morgan fingerprint density at radius 3 is 2.27 bits per heavy atom. The molecular formula is C13H27NO. The maximum Gasteiger partial charge on any atom is 0.219 e. The van der Waals surface area contributed by atoms with E-state index in [4.69, 9.17) is 0 Å². The fourth-order valence-electron chi connectivity index (χ4n) is 1.65. The van der Waals surface area contributed by atoms with E-state index in [1.807, 2.05) is 6.92 Å². The summed E-state index contributed by atoms with van der Waals surface area (Å²) in [5.41, 5.74) is 0. The van der Waals surface area contributed by atoms with Crippen molar-refractivity contribution < 1.29 is 4.79 Å². The molecule has 2 heteroatoms. The average molecular weight is 213 g/mol. The van der Waals surface area contributed by atoms with Crippen molar-refractivity contribution in [2.75, 3.05) is 6.54 Å². The summed E-state index contributed by atoms with van der Waals surface area (Å²) in [6.07, 6.45) is 8.26. The minimum atomic E-state index is 0.208. The first-order chi connectivity index (χ1) is 7.16. The highest BCUT2D eigenvalue weighted by Crippen LogP contribution is 2.11. The van der Waals surface area contributed by atoms with Crippen LogP contribution in [0.1, 0.15) is 65.7 Å². The van der Waals surface area contributed by atoms with E-state index < -0.39 is 0 Å². The van der Waals surface area contributed by atoms with Crippen LogP contribution in [-0.2, 0) is 4.79 Å².